The Morgan fingerprint density at radius 1 is 1.17 bits per heavy atom. The van der Waals surface area contributed by atoms with E-state index in [9.17, 15) is 18.3 Å². The highest BCUT2D eigenvalue weighted by molar-refractivity contribution is 7.14. The van der Waals surface area contributed by atoms with E-state index in [1.807, 2.05) is 0 Å². The lowest BCUT2D eigenvalue weighted by atomic mass is 9.91. The van der Waals surface area contributed by atoms with Crippen LogP contribution in [0.4, 0.5) is 18.3 Å². The molecule has 2 unspecified atom stereocenters. The molecule has 1 aliphatic carbocycles. The third-order valence-corrected chi connectivity index (χ3v) is 6.36. The summed E-state index contributed by atoms with van der Waals surface area (Å²) < 4.78 is 47.6. The van der Waals surface area contributed by atoms with Crippen molar-refractivity contribution in [1.29, 1.82) is 0 Å². The van der Waals surface area contributed by atoms with Gasteiger partial charge >= 0.3 is 6.18 Å². The minimum Gasteiger partial charge on any atom is -0.497 e. The first-order valence-corrected chi connectivity index (χ1v) is 10.1. The molecule has 1 aliphatic heterocycles. The zero-order valence-electron chi connectivity index (χ0n) is 15.7. The third-order valence-electron chi connectivity index (χ3n) is 5.54. The Bertz CT molecular complexity index is 1140. The van der Waals surface area contributed by atoms with Crippen LogP contribution < -0.4 is 9.75 Å². The molecule has 0 saturated heterocycles. The minimum absolute atomic E-state index is 0.0139. The molecule has 0 amide bonds. The van der Waals surface area contributed by atoms with Gasteiger partial charge in [0.1, 0.15) is 5.75 Å². The Morgan fingerprint density at radius 3 is 2.60 bits per heavy atom. The normalized spacial score (nSPS) is 22.6. The number of aromatic nitrogens is 1. The maximum atomic E-state index is 14.2. The monoisotopic (exact) mass is 431 g/mol. The summed E-state index contributed by atoms with van der Waals surface area (Å²) in [6.45, 7) is 0. The number of nitrogens with zero attached hydrogens (tertiary/aromatic N) is 3. The molecule has 5 rings (SSSR count). The second kappa shape index (κ2) is 6.55. The average Bonchev–Trinajstić information content (AvgIpc) is 3.42. The van der Waals surface area contributed by atoms with E-state index >= 15 is 0 Å². The van der Waals surface area contributed by atoms with Crippen LogP contribution in [0.3, 0.4) is 0 Å². The van der Waals surface area contributed by atoms with Crippen molar-refractivity contribution in [3.05, 3.63) is 65.0 Å². The largest absolute Gasteiger partial charge is 0.497 e. The molecule has 0 radical (unpaired) electrons. The summed E-state index contributed by atoms with van der Waals surface area (Å²) in [5.74, 6) is -0.540. The van der Waals surface area contributed by atoms with Crippen LogP contribution in [-0.2, 0) is 6.42 Å². The number of methoxy groups -OCH3 is 1. The van der Waals surface area contributed by atoms with E-state index in [0.29, 0.717) is 22.0 Å². The summed E-state index contributed by atoms with van der Waals surface area (Å²) in [4.78, 5) is 4.35. The summed E-state index contributed by atoms with van der Waals surface area (Å²) in [5, 5.41) is 17.5. The van der Waals surface area contributed by atoms with E-state index in [2.05, 4.69) is 10.1 Å². The number of hydrogen-bond acceptors (Lipinski definition) is 6. The highest BCUT2D eigenvalue weighted by Gasteiger charge is 2.69. The molecule has 0 bridgehead atoms. The summed E-state index contributed by atoms with van der Waals surface area (Å²) in [6, 6.07) is 14.1. The standard InChI is InChI=1S/C21H16F3N3O2S/c1-29-14-8-6-12(7-9-14)17-11-30-19(25-17)27-20(28,21(22,23)24)16-10-13-4-2-3-5-15(13)18(16)26-27/h2-9,11,16,28H,10H2,1H3. The van der Waals surface area contributed by atoms with Crippen LogP contribution in [0.25, 0.3) is 11.3 Å². The van der Waals surface area contributed by atoms with Gasteiger partial charge in [0.25, 0.3) is 5.72 Å². The van der Waals surface area contributed by atoms with Crippen molar-refractivity contribution in [1.82, 2.24) is 4.98 Å². The highest BCUT2D eigenvalue weighted by atomic mass is 32.1. The third kappa shape index (κ3) is 2.65. The quantitative estimate of drug-likeness (QED) is 0.665. The second-order valence-corrected chi connectivity index (χ2v) is 8.02. The Labute approximate surface area is 174 Å². The number of thiazole rings is 1. The summed E-state index contributed by atoms with van der Waals surface area (Å²) in [7, 11) is 1.55. The number of fused-ring (bicyclic) bond motifs is 3. The number of anilines is 1. The highest BCUT2D eigenvalue weighted by Crippen LogP contribution is 2.51. The number of hydrazone groups is 1. The van der Waals surface area contributed by atoms with Crippen molar-refractivity contribution in [3.63, 3.8) is 0 Å². The lowest BCUT2D eigenvalue weighted by Crippen LogP contribution is -2.60. The Hall–Kier alpha value is -2.91. The van der Waals surface area contributed by atoms with E-state index in [4.69, 9.17) is 4.74 Å². The molecule has 0 spiro atoms. The predicted molar refractivity (Wildman–Crippen MR) is 108 cm³/mol. The molecule has 30 heavy (non-hydrogen) atoms. The molecular weight excluding hydrogens is 415 g/mol. The molecule has 1 N–H and O–H groups in total. The number of benzene rings is 2. The van der Waals surface area contributed by atoms with E-state index in [0.717, 1.165) is 22.5 Å². The maximum absolute atomic E-state index is 14.2. The Morgan fingerprint density at radius 2 is 1.90 bits per heavy atom. The smallest absolute Gasteiger partial charge is 0.439 e. The van der Waals surface area contributed by atoms with Gasteiger partial charge in [0.15, 0.2) is 0 Å². The molecule has 2 aromatic carbocycles. The van der Waals surface area contributed by atoms with Crippen LogP contribution in [0.1, 0.15) is 11.1 Å². The van der Waals surface area contributed by atoms with Gasteiger partial charge < -0.3 is 9.84 Å². The molecule has 2 aliphatic rings. The second-order valence-electron chi connectivity index (χ2n) is 7.18. The molecule has 5 nitrogen and oxygen atoms in total. The van der Waals surface area contributed by atoms with Crippen LogP contribution in [0.2, 0.25) is 0 Å². The lowest BCUT2D eigenvalue weighted by molar-refractivity contribution is -0.267. The molecule has 1 aromatic heterocycles. The van der Waals surface area contributed by atoms with Crippen molar-refractivity contribution in [3.8, 4) is 17.0 Å². The number of rotatable bonds is 3. The average molecular weight is 431 g/mol. The van der Waals surface area contributed by atoms with Crippen molar-refractivity contribution in [2.75, 3.05) is 12.1 Å². The number of aliphatic hydroxyl groups is 1. The van der Waals surface area contributed by atoms with Gasteiger partial charge in [-0.2, -0.15) is 23.3 Å². The molecule has 3 aromatic rings. The molecule has 0 saturated carbocycles. The SMILES string of the molecule is COc1ccc(-c2csc(N3N=C4c5ccccc5CC4C3(O)C(F)(F)F)n2)cc1. The molecule has 0 fully saturated rings. The summed E-state index contributed by atoms with van der Waals surface area (Å²) in [6.07, 6.45) is -4.85. The fraction of sp³-hybridized carbons (Fsp3) is 0.238. The zero-order valence-corrected chi connectivity index (χ0v) is 16.5. The minimum atomic E-state index is -4.92. The van der Waals surface area contributed by atoms with Gasteiger partial charge in [0, 0.05) is 16.5 Å². The first-order chi connectivity index (χ1) is 14.3. The molecule has 154 valence electrons. The van der Waals surface area contributed by atoms with Gasteiger partial charge in [0.05, 0.1) is 24.4 Å². The molecule has 9 heteroatoms. The van der Waals surface area contributed by atoms with Gasteiger partial charge in [-0.3, -0.25) is 0 Å². The van der Waals surface area contributed by atoms with Crippen LogP contribution >= 0.6 is 11.3 Å². The number of ether oxygens (including phenoxy) is 1. The van der Waals surface area contributed by atoms with Gasteiger partial charge in [-0.25, -0.2) is 4.98 Å². The maximum Gasteiger partial charge on any atom is 0.439 e. The van der Waals surface area contributed by atoms with Crippen LogP contribution in [-0.4, -0.2) is 34.8 Å². The Kier molecular flexibility index (Phi) is 4.16. The lowest BCUT2D eigenvalue weighted by Gasteiger charge is -2.36. The van der Waals surface area contributed by atoms with Gasteiger partial charge in [-0.05, 0) is 36.2 Å². The number of hydrogen-bond donors (Lipinski definition) is 1. The van der Waals surface area contributed by atoms with E-state index in [1.165, 1.54) is 0 Å². The van der Waals surface area contributed by atoms with E-state index in [1.54, 1.807) is 61.0 Å². The van der Waals surface area contributed by atoms with Crippen LogP contribution in [0, 0.1) is 5.92 Å². The van der Waals surface area contributed by atoms with Crippen molar-refractivity contribution in [2.45, 2.75) is 18.3 Å². The molecule has 2 atom stereocenters. The first kappa shape index (κ1) is 19.1. The van der Waals surface area contributed by atoms with Crippen molar-refractivity contribution in [2.24, 2.45) is 11.0 Å². The molecule has 2 heterocycles. The van der Waals surface area contributed by atoms with Crippen molar-refractivity contribution >= 4 is 22.2 Å². The van der Waals surface area contributed by atoms with Gasteiger partial charge in [-0.15, -0.1) is 11.3 Å². The van der Waals surface area contributed by atoms with Crippen LogP contribution in [0.15, 0.2) is 59.0 Å². The fourth-order valence-electron chi connectivity index (χ4n) is 4.00. The zero-order chi connectivity index (χ0) is 21.1. The van der Waals surface area contributed by atoms with Crippen molar-refractivity contribution < 1.29 is 23.0 Å². The van der Waals surface area contributed by atoms with E-state index in [-0.39, 0.29) is 17.3 Å². The predicted octanol–water partition coefficient (Wildman–Crippen LogP) is 4.47. The van der Waals surface area contributed by atoms with E-state index < -0.39 is 17.8 Å². The first-order valence-electron chi connectivity index (χ1n) is 9.19. The fourth-order valence-corrected chi connectivity index (χ4v) is 4.84. The summed E-state index contributed by atoms with van der Waals surface area (Å²) in [5.41, 5.74) is -0.296. The van der Waals surface area contributed by atoms with Gasteiger partial charge in [-0.1, -0.05) is 24.3 Å². The topological polar surface area (TPSA) is 58.0 Å². The number of halogens is 3. The number of alkyl halides is 3. The Balaban J connectivity index is 1.57. The summed E-state index contributed by atoms with van der Waals surface area (Å²) >= 11 is 1.01. The van der Waals surface area contributed by atoms with Crippen LogP contribution in [0.5, 0.6) is 5.75 Å². The molecular formula is C21H16F3N3O2S. The van der Waals surface area contributed by atoms with Gasteiger partial charge in [0.2, 0.25) is 5.13 Å².